The summed E-state index contributed by atoms with van der Waals surface area (Å²) in [6, 6.07) is 26.9. The number of halogens is 2. The first kappa shape index (κ1) is 46.3. The molecule has 0 amide bonds. The van der Waals surface area contributed by atoms with Crippen molar-refractivity contribution in [3.63, 3.8) is 0 Å². The van der Waals surface area contributed by atoms with Gasteiger partial charge in [0.1, 0.15) is 43.1 Å². The van der Waals surface area contributed by atoms with Crippen molar-refractivity contribution in [3.05, 3.63) is 129 Å². The minimum atomic E-state index is -4.98. The Morgan fingerprint density at radius 1 is 0.631 bits per heavy atom. The molecule has 0 aliphatic carbocycles. The number of aryl methyl sites for hydroxylation is 1. The van der Waals surface area contributed by atoms with Crippen molar-refractivity contribution in [1.82, 2.24) is 4.98 Å². The number of benzene rings is 5. The van der Waals surface area contributed by atoms with Gasteiger partial charge < -0.3 is 10.6 Å². The van der Waals surface area contributed by atoms with Crippen molar-refractivity contribution >= 4 is 120 Å². The van der Waals surface area contributed by atoms with Crippen LogP contribution in [0, 0.1) is 36.5 Å². The minimum Gasteiger partial charge on any atom is -0.339 e. The predicted molar refractivity (Wildman–Crippen MR) is 244 cm³/mol. The molecule has 7 aromatic rings. The molecule has 0 bridgehead atoms. The molecular weight excluding hydrogens is 962 g/mol. The molecule has 65 heavy (non-hydrogen) atoms. The highest BCUT2D eigenvalue weighted by molar-refractivity contribution is 7.86. The van der Waals surface area contributed by atoms with Crippen LogP contribution in [-0.2, 0) is 30.4 Å². The Morgan fingerprint density at radius 3 is 1.88 bits per heavy atom. The van der Waals surface area contributed by atoms with Gasteiger partial charge in [0.25, 0.3) is 30.4 Å². The zero-order valence-corrected chi connectivity index (χ0v) is 37.8. The lowest BCUT2D eigenvalue weighted by molar-refractivity contribution is 0.481. The van der Waals surface area contributed by atoms with Crippen molar-refractivity contribution in [1.29, 1.82) is 10.5 Å². The number of pyridine rings is 1. The lowest BCUT2D eigenvalue weighted by Gasteiger charge is -2.16. The molecule has 0 saturated heterocycles. The number of aromatic nitrogens is 1. The summed E-state index contributed by atoms with van der Waals surface area (Å²) >= 11 is 13.0. The third kappa shape index (κ3) is 10.0. The second-order valence-electron chi connectivity index (χ2n) is 13.7. The molecule has 18 nitrogen and oxygen atoms in total. The molecule has 0 unspecified atom stereocenters. The van der Waals surface area contributed by atoms with E-state index in [9.17, 15) is 49.4 Å². The summed E-state index contributed by atoms with van der Waals surface area (Å²) in [7, 11) is -14.6. The van der Waals surface area contributed by atoms with Gasteiger partial charge in [-0.25, -0.2) is 4.98 Å². The van der Waals surface area contributed by atoms with Crippen LogP contribution in [0.1, 0.15) is 22.3 Å². The van der Waals surface area contributed by atoms with E-state index < -0.39 is 45.0 Å². The molecule has 0 radical (unpaired) electrons. The summed E-state index contributed by atoms with van der Waals surface area (Å²) in [5.41, 5.74) is 2.11. The lowest BCUT2D eigenvalue weighted by Crippen LogP contribution is -2.05. The van der Waals surface area contributed by atoms with Crippen LogP contribution in [0.3, 0.4) is 0 Å². The summed E-state index contributed by atoms with van der Waals surface area (Å²) < 4.78 is 103. The first-order chi connectivity index (χ1) is 30.7. The summed E-state index contributed by atoms with van der Waals surface area (Å²) in [5, 5.41) is 44.2. The van der Waals surface area contributed by atoms with Gasteiger partial charge in [-0.1, -0.05) is 76.5 Å². The summed E-state index contributed by atoms with van der Waals surface area (Å²) in [5.74, 6) is -0.0280. The van der Waals surface area contributed by atoms with Gasteiger partial charge in [-0.15, -0.1) is 20.5 Å². The number of nitrogens with zero attached hydrogens (tertiary/aromatic N) is 7. The van der Waals surface area contributed by atoms with E-state index in [1.54, 1.807) is 55.5 Å². The maximum Gasteiger partial charge on any atom is 0.296 e. The van der Waals surface area contributed by atoms with E-state index in [1.807, 2.05) is 6.92 Å². The molecular formula is C41H27Cl2N9O9S4. The molecule has 24 heteroatoms. The van der Waals surface area contributed by atoms with Crippen LogP contribution >= 0.6 is 34.5 Å². The highest BCUT2D eigenvalue weighted by atomic mass is 35.5. The number of azo groups is 2. The Balaban J connectivity index is 1.39. The fourth-order valence-corrected chi connectivity index (χ4v) is 9.83. The first-order valence-electron chi connectivity index (χ1n) is 18.2. The number of anilines is 4. The molecule has 2 aromatic heterocycles. The van der Waals surface area contributed by atoms with Gasteiger partial charge in [-0.05, 0) is 80.1 Å². The highest BCUT2D eigenvalue weighted by Gasteiger charge is 2.25. The number of thiophene rings is 1. The summed E-state index contributed by atoms with van der Waals surface area (Å²) in [6.07, 6.45) is 0. The first-order valence-corrected chi connectivity index (χ1v) is 24.1. The molecule has 0 atom stereocenters. The number of hydrogen-bond acceptors (Lipinski definition) is 16. The smallest absolute Gasteiger partial charge is 0.296 e. The van der Waals surface area contributed by atoms with Gasteiger partial charge in [0.15, 0.2) is 16.6 Å². The second-order valence-corrected chi connectivity index (χ2v) is 19.7. The van der Waals surface area contributed by atoms with E-state index in [-0.39, 0.29) is 76.7 Å². The van der Waals surface area contributed by atoms with Gasteiger partial charge in [-0.2, -0.15) is 35.8 Å². The van der Waals surface area contributed by atoms with Crippen LogP contribution in [0.4, 0.5) is 44.4 Å². The lowest BCUT2D eigenvalue weighted by atomic mass is 10.0. The van der Waals surface area contributed by atoms with E-state index >= 15 is 0 Å². The number of nitrogens with one attached hydrogen (secondary N) is 2. The molecule has 0 spiro atoms. The number of rotatable bonds is 12. The quantitative estimate of drug-likeness (QED) is 0.0562. The SMILES string of the molecule is Cc1ccc(-c2c(N=Nc3cc(S(=O)(=O)O)c4cccc(S(=O)(=O)O)c4c3)sc(N=Nc3c(Nc4ccc(Cl)cc4)nc(Nc4ccc(Cl)c(S(=O)(=O)O)c4)c(C#N)c3C)c2C#N)cc1. The Hall–Kier alpha value is -6.70. The van der Waals surface area contributed by atoms with E-state index in [1.165, 1.54) is 24.3 Å². The molecule has 328 valence electrons. The van der Waals surface area contributed by atoms with Crippen molar-refractivity contribution < 1.29 is 38.9 Å². The van der Waals surface area contributed by atoms with E-state index in [4.69, 9.17) is 23.2 Å². The van der Waals surface area contributed by atoms with Crippen LogP contribution in [0.15, 0.2) is 132 Å². The van der Waals surface area contributed by atoms with Gasteiger partial charge in [0, 0.05) is 38.3 Å². The third-order valence-electron chi connectivity index (χ3n) is 9.38. The predicted octanol–water partition coefficient (Wildman–Crippen LogP) is 11.7. The Morgan fingerprint density at radius 2 is 1.25 bits per heavy atom. The molecule has 5 N–H and O–H groups in total. The molecule has 0 saturated carbocycles. The Labute approximate surface area is 384 Å². The van der Waals surface area contributed by atoms with Crippen LogP contribution in [-0.4, -0.2) is 43.9 Å². The number of nitriles is 2. The topological polar surface area (TPSA) is 297 Å². The molecule has 5 aromatic carbocycles. The molecule has 7 rings (SSSR count). The fourth-order valence-electron chi connectivity index (χ4n) is 6.36. The minimum absolute atomic E-state index is 0.000666. The Bertz CT molecular complexity index is 3590. The van der Waals surface area contributed by atoms with Gasteiger partial charge >= 0.3 is 0 Å². The van der Waals surface area contributed by atoms with E-state index in [0.29, 0.717) is 16.3 Å². The molecule has 2 heterocycles. The Kier molecular flexibility index (Phi) is 12.9. The van der Waals surface area contributed by atoms with Crippen molar-refractivity contribution in [2.45, 2.75) is 28.5 Å². The second kappa shape index (κ2) is 18.1. The maximum atomic E-state index is 12.5. The fraction of sp³-hybridized carbons (Fsp3) is 0.0488. The number of fused-ring (bicyclic) bond motifs is 1. The highest BCUT2D eigenvalue weighted by Crippen LogP contribution is 2.49. The third-order valence-corrected chi connectivity index (χ3v) is 13.7. The molecule has 0 aliphatic heterocycles. The van der Waals surface area contributed by atoms with E-state index in [0.717, 1.165) is 41.2 Å². The summed E-state index contributed by atoms with van der Waals surface area (Å²) in [6.45, 7) is 3.40. The zero-order valence-electron chi connectivity index (χ0n) is 33.0. The van der Waals surface area contributed by atoms with Crippen molar-refractivity contribution in [2.24, 2.45) is 20.5 Å². The standard InChI is InChI=1S/C41H27Cl2N9O9S4/c1-21-6-8-23(9-7-21)36-31(20-45)40(62-41(36)52-49-27-16-29-28(34(18-27)64(56,57)58)4-3-5-33(29)63(53,54)55)51-50-37-22(2)30(19-44)38(48-39(37)46-25-12-10-24(42)11-13-25)47-26-14-15-32(43)35(17-26)65(59,60)61/h3-18H,1-2H3,(H2,46,47,48)(H,53,54,55)(H,56,57,58)(H,59,60,61). The van der Waals surface area contributed by atoms with Crippen molar-refractivity contribution in [3.8, 4) is 23.3 Å². The number of hydrogen-bond donors (Lipinski definition) is 5. The van der Waals surface area contributed by atoms with Crippen LogP contribution in [0.25, 0.3) is 21.9 Å². The van der Waals surface area contributed by atoms with Gasteiger partial charge in [0.05, 0.1) is 16.3 Å². The molecule has 0 aliphatic rings. The van der Waals surface area contributed by atoms with Crippen molar-refractivity contribution in [2.75, 3.05) is 10.6 Å². The maximum absolute atomic E-state index is 12.5. The normalized spacial score (nSPS) is 12.1. The van der Waals surface area contributed by atoms with Gasteiger partial charge in [0.2, 0.25) is 0 Å². The van der Waals surface area contributed by atoms with Gasteiger partial charge in [-0.3, -0.25) is 13.7 Å². The average Bonchev–Trinajstić information content (AvgIpc) is 3.60. The average molecular weight is 989 g/mol. The monoisotopic (exact) mass is 987 g/mol. The molecule has 0 fully saturated rings. The largest absolute Gasteiger partial charge is 0.339 e. The zero-order chi connectivity index (χ0) is 47.0. The summed E-state index contributed by atoms with van der Waals surface area (Å²) in [4.78, 5) is 2.65. The van der Waals surface area contributed by atoms with E-state index in [2.05, 4.69) is 48.2 Å². The van der Waals surface area contributed by atoms with Crippen LogP contribution in [0.5, 0.6) is 0 Å². The van der Waals surface area contributed by atoms with Crippen LogP contribution in [0.2, 0.25) is 10.0 Å². The van der Waals surface area contributed by atoms with Crippen LogP contribution < -0.4 is 10.6 Å².